The number of rotatable bonds is 4. The van der Waals surface area contributed by atoms with Crippen molar-refractivity contribution < 1.29 is 4.52 Å². The highest BCUT2D eigenvalue weighted by Gasteiger charge is 2.29. The van der Waals surface area contributed by atoms with Crippen LogP contribution in [-0.2, 0) is 6.54 Å². The van der Waals surface area contributed by atoms with E-state index in [1.165, 1.54) is 25.7 Å². The van der Waals surface area contributed by atoms with E-state index in [1.807, 2.05) is 6.07 Å². The van der Waals surface area contributed by atoms with Crippen LogP contribution < -0.4 is 5.32 Å². The lowest BCUT2D eigenvalue weighted by molar-refractivity contribution is 0.149. The van der Waals surface area contributed by atoms with Crippen molar-refractivity contribution in [3.05, 3.63) is 18.0 Å². The Hall–Kier alpha value is -0.830. The summed E-state index contributed by atoms with van der Waals surface area (Å²) in [5.41, 5.74) is 1.48. The predicted octanol–water partition coefficient (Wildman–Crippen LogP) is 3.62. The van der Waals surface area contributed by atoms with Crippen LogP contribution in [0.25, 0.3) is 0 Å². The molecule has 1 aromatic rings. The molecule has 0 spiro atoms. The first-order valence-electron chi connectivity index (χ1n) is 7.15. The molecule has 3 nitrogen and oxygen atoms in total. The molecule has 0 amide bonds. The normalized spacial score (nSPS) is 25.3. The Labute approximate surface area is 110 Å². The predicted molar refractivity (Wildman–Crippen MR) is 73.1 cm³/mol. The Balaban J connectivity index is 1.65. The molecule has 0 saturated heterocycles. The van der Waals surface area contributed by atoms with Gasteiger partial charge in [0, 0.05) is 12.6 Å². The van der Waals surface area contributed by atoms with Crippen molar-refractivity contribution in [2.45, 2.75) is 53.0 Å². The Bertz CT molecular complexity index is 332. The zero-order valence-corrected chi connectivity index (χ0v) is 11.9. The van der Waals surface area contributed by atoms with Crippen LogP contribution in [0.15, 0.2) is 16.9 Å². The fourth-order valence-corrected chi connectivity index (χ4v) is 2.97. The molecule has 0 unspecified atom stereocenters. The third-order valence-corrected chi connectivity index (χ3v) is 4.30. The standard InChI is InChI=1S/C15H26N2O/c1-15(2,3)13-6-4-12(5-7-13)10-16-11-14-8-9-18-17-14/h8-9,12-13,16H,4-7,10-11H2,1-3H3. The van der Waals surface area contributed by atoms with Crippen molar-refractivity contribution >= 4 is 0 Å². The van der Waals surface area contributed by atoms with E-state index in [0.717, 1.165) is 30.6 Å². The third kappa shape index (κ3) is 3.84. The first kappa shape index (κ1) is 13.6. The van der Waals surface area contributed by atoms with E-state index in [4.69, 9.17) is 4.52 Å². The van der Waals surface area contributed by atoms with Gasteiger partial charge in [-0.3, -0.25) is 0 Å². The zero-order chi connectivity index (χ0) is 13.0. The lowest BCUT2D eigenvalue weighted by Gasteiger charge is -2.37. The molecule has 1 aliphatic carbocycles. The average Bonchev–Trinajstić information content (AvgIpc) is 2.82. The maximum absolute atomic E-state index is 4.82. The molecular weight excluding hydrogens is 224 g/mol. The molecule has 0 bridgehead atoms. The topological polar surface area (TPSA) is 38.1 Å². The largest absolute Gasteiger partial charge is 0.364 e. The van der Waals surface area contributed by atoms with Crippen LogP contribution in [-0.4, -0.2) is 11.7 Å². The monoisotopic (exact) mass is 250 g/mol. The number of aromatic nitrogens is 1. The van der Waals surface area contributed by atoms with Gasteiger partial charge < -0.3 is 9.84 Å². The third-order valence-electron chi connectivity index (χ3n) is 4.30. The molecule has 1 heterocycles. The summed E-state index contributed by atoms with van der Waals surface area (Å²) < 4.78 is 4.82. The van der Waals surface area contributed by atoms with Gasteiger partial charge in [-0.25, -0.2) is 0 Å². The quantitative estimate of drug-likeness (QED) is 0.887. The highest BCUT2D eigenvalue weighted by molar-refractivity contribution is 4.94. The van der Waals surface area contributed by atoms with Gasteiger partial charge in [-0.2, -0.15) is 0 Å². The van der Waals surface area contributed by atoms with Crippen molar-refractivity contribution in [2.75, 3.05) is 6.54 Å². The van der Waals surface area contributed by atoms with Crippen LogP contribution in [0.1, 0.15) is 52.1 Å². The van der Waals surface area contributed by atoms with Crippen LogP contribution in [0.4, 0.5) is 0 Å². The first-order valence-corrected chi connectivity index (χ1v) is 7.15. The van der Waals surface area contributed by atoms with E-state index < -0.39 is 0 Å². The Morgan fingerprint density at radius 1 is 1.28 bits per heavy atom. The summed E-state index contributed by atoms with van der Waals surface area (Å²) in [5, 5.41) is 7.39. The summed E-state index contributed by atoms with van der Waals surface area (Å²) in [6.45, 7) is 9.07. The molecule has 18 heavy (non-hydrogen) atoms. The van der Waals surface area contributed by atoms with Gasteiger partial charge in [-0.1, -0.05) is 25.9 Å². The molecule has 0 radical (unpaired) electrons. The van der Waals surface area contributed by atoms with Crippen LogP contribution in [0.3, 0.4) is 0 Å². The van der Waals surface area contributed by atoms with Crippen LogP contribution >= 0.6 is 0 Å². The summed E-state index contributed by atoms with van der Waals surface area (Å²) in [6.07, 6.45) is 7.15. The molecule has 0 aliphatic heterocycles. The van der Waals surface area contributed by atoms with E-state index in [2.05, 4.69) is 31.2 Å². The first-order chi connectivity index (χ1) is 8.55. The summed E-state index contributed by atoms with van der Waals surface area (Å²) in [4.78, 5) is 0. The minimum atomic E-state index is 0.485. The minimum absolute atomic E-state index is 0.485. The SMILES string of the molecule is CC(C)(C)C1CCC(CNCc2ccon2)CC1. The van der Waals surface area contributed by atoms with Gasteiger partial charge in [0.05, 0.1) is 5.69 Å². The van der Waals surface area contributed by atoms with E-state index in [0.29, 0.717) is 5.41 Å². The Morgan fingerprint density at radius 2 is 2.00 bits per heavy atom. The van der Waals surface area contributed by atoms with Crippen molar-refractivity contribution in [1.29, 1.82) is 0 Å². The fraction of sp³-hybridized carbons (Fsp3) is 0.800. The molecule has 102 valence electrons. The van der Waals surface area contributed by atoms with Gasteiger partial charge in [0.1, 0.15) is 6.26 Å². The summed E-state index contributed by atoms with van der Waals surface area (Å²) in [7, 11) is 0. The van der Waals surface area contributed by atoms with E-state index >= 15 is 0 Å². The maximum atomic E-state index is 4.82. The molecule has 1 aliphatic rings. The van der Waals surface area contributed by atoms with Gasteiger partial charge in [0.15, 0.2) is 0 Å². The molecule has 1 saturated carbocycles. The number of hydrogen-bond acceptors (Lipinski definition) is 3. The highest BCUT2D eigenvalue weighted by atomic mass is 16.5. The van der Waals surface area contributed by atoms with Crippen molar-refractivity contribution in [3.63, 3.8) is 0 Å². The Morgan fingerprint density at radius 3 is 2.56 bits per heavy atom. The lowest BCUT2D eigenvalue weighted by Crippen LogP contribution is -2.30. The molecule has 3 heteroatoms. The second kappa shape index (κ2) is 5.87. The van der Waals surface area contributed by atoms with Crippen molar-refractivity contribution in [1.82, 2.24) is 10.5 Å². The van der Waals surface area contributed by atoms with Gasteiger partial charge in [0.2, 0.25) is 0 Å². The molecule has 2 rings (SSSR count). The summed E-state index contributed by atoms with van der Waals surface area (Å²) in [6, 6.07) is 1.92. The molecule has 1 aromatic heterocycles. The Kier molecular flexibility index (Phi) is 4.44. The van der Waals surface area contributed by atoms with E-state index in [9.17, 15) is 0 Å². The summed E-state index contributed by atoms with van der Waals surface area (Å²) >= 11 is 0. The molecule has 1 fully saturated rings. The smallest absolute Gasteiger partial charge is 0.124 e. The average molecular weight is 250 g/mol. The number of nitrogens with one attached hydrogen (secondary N) is 1. The van der Waals surface area contributed by atoms with E-state index in [-0.39, 0.29) is 0 Å². The molecular formula is C15H26N2O. The minimum Gasteiger partial charge on any atom is -0.364 e. The number of hydrogen-bond donors (Lipinski definition) is 1. The van der Waals surface area contributed by atoms with Crippen molar-refractivity contribution in [2.24, 2.45) is 17.3 Å². The van der Waals surface area contributed by atoms with E-state index in [1.54, 1.807) is 6.26 Å². The second-order valence-electron chi connectivity index (χ2n) is 6.71. The van der Waals surface area contributed by atoms with Gasteiger partial charge in [-0.05, 0) is 49.5 Å². The molecule has 0 atom stereocenters. The zero-order valence-electron chi connectivity index (χ0n) is 11.9. The van der Waals surface area contributed by atoms with Gasteiger partial charge in [-0.15, -0.1) is 0 Å². The molecule has 0 aromatic carbocycles. The van der Waals surface area contributed by atoms with Gasteiger partial charge in [0.25, 0.3) is 0 Å². The number of nitrogens with zero attached hydrogens (tertiary/aromatic N) is 1. The second-order valence-corrected chi connectivity index (χ2v) is 6.71. The molecule has 1 N–H and O–H groups in total. The van der Waals surface area contributed by atoms with Gasteiger partial charge >= 0.3 is 0 Å². The van der Waals surface area contributed by atoms with Crippen LogP contribution in [0.2, 0.25) is 0 Å². The highest BCUT2D eigenvalue weighted by Crippen LogP contribution is 2.39. The van der Waals surface area contributed by atoms with Crippen LogP contribution in [0.5, 0.6) is 0 Å². The fourth-order valence-electron chi connectivity index (χ4n) is 2.97. The van der Waals surface area contributed by atoms with Crippen LogP contribution in [0, 0.1) is 17.3 Å². The summed E-state index contributed by atoms with van der Waals surface area (Å²) in [5.74, 6) is 1.75. The van der Waals surface area contributed by atoms with Crippen molar-refractivity contribution in [3.8, 4) is 0 Å². The maximum Gasteiger partial charge on any atom is 0.124 e. The lowest BCUT2D eigenvalue weighted by atomic mass is 9.70.